The maximum Gasteiger partial charge on any atom is 0.251 e. The third-order valence-electron chi connectivity index (χ3n) is 4.72. The summed E-state index contributed by atoms with van der Waals surface area (Å²) in [5.74, 6) is 0.639. The van der Waals surface area contributed by atoms with E-state index in [1.165, 1.54) is 7.11 Å². The Kier molecular flexibility index (Phi) is 6.69. The second-order valence-corrected chi connectivity index (χ2v) is 9.91. The largest absolute Gasteiger partial charge is 0.497 e. The molecule has 2 rings (SSSR count). The van der Waals surface area contributed by atoms with Crippen molar-refractivity contribution in [1.29, 1.82) is 0 Å². The van der Waals surface area contributed by atoms with Gasteiger partial charge in [0.15, 0.2) is 0 Å². The Labute approximate surface area is 156 Å². The Balaban J connectivity index is 1.85. The van der Waals surface area contributed by atoms with Gasteiger partial charge in [0, 0.05) is 18.2 Å². The fraction of sp³-hybridized carbons (Fsp3) is 0.632. The van der Waals surface area contributed by atoms with Crippen LogP contribution < -0.4 is 14.8 Å². The molecule has 1 aliphatic rings. The smallest absolute Gasteiger partial charge is 0.251 e. The highest BCUT2D eigenvalue weighted by Crippen LogP contribution is 2.38. The molecule has 0 saturated heterocycles. The molecule has 7 heteroatoms. The second kappa shape index (κ2) is 8.39. The van der Waals surface area contributed by atoms with E-state index in [1.54, 1.807) is 24.3 Å². The van der Waals surface area contributed by atoms with Crippen molar-refractivity contribution in [1.82, 2.24) is 10.0 Å². The van der Waals surface area contributed by atoms with Gasteiger partial charge >= 0.3 is 0 Å². The lowest BCUT2D eigenvalue weighted by Crippen LogP contribution is -2.45. The number of carbonyl (C=O) groups excluding carboxylic acids is 1. The summed E-state index contributed by atoms with van der Waals surface area (Å²) in [6, 6.07) is 6.72. The number of rotatable bonds is 7. The lowest BCUT2D eigenvalue weighted by molar-refractivity contribution is 0.0955. The number of hydrogen-bond acceptors (Lipinski definition) is 4. The van der Waals surface area contributed by atoms with Crippen LogP contribution in [-0.2, 0) is 10.0 Å². The van der Waals surface area contributed by atoms with Crippen LogP contribution in [0, 0.1) is 11.3 Å². The Morgan fingerprint density at radius 1 is 1.31 bits per heavy atom. The Bertz CT molecular complexity index is 731. The highest BCUT2D eigenvalue weighted by molar-refractivity contribution is 7.89. The Morgan fingerprint density at radius 2 is 2.04 bits per heavy atom. The molecule has 26 heavy (non-hydrogen) atoms. The van der Waals surface area contributed by atoms with Crippen LogP contribution in [0.5, 0.6) is 5.75 Å². The van der Waals surface area contributed by atoms with Gasteiger partial charge < -0.3 is 10.1 Å². The van der Waals surface area contributed by atoms with Crippen LogP contribution in [0.4, 0.5) is 0 Å². The average Bonchev–Trinajstić information content (AvgIpc) is 2.52. The van der Waals surface area contributed by atoms with Gasteiger partial charge in [-0.1, -0.05) is 26.8 Å². The third-order valence-corrected chi connectivity index (χ3v) is 6.16. The first kappa shape index (κ1) is 20.7. The maximum absolute atomic E-state index is 12.4. The van der Waals surface area contributed by atoms with E-state index in [1.807, 2.05) is 0 Å². The number of sulfonamides is 1. The third kappa shape index (κ3) is 6.29. The summed E-state index contributed by atoms with van der Waals surface area (Å²) in [5.41, 5.74) is 0.586. The van der Waals surface area contributed by atoms with Gasteiger partial charge in [0.05, 0.1) is 12.9 Å². The van der Waals surface area contributed by atoms with Crippen LogP contribution in [0.3, 0.4) is 0 Å². The van der Waals surface area contributed by atoms with Crippen molar-refractivity contribution in [3.63, 3.8) is 0 Å². The standard InChI is InChI=1S/C19H30N2O4S/c1-14-10-16(13-19(2,3)12-14)21-26(23,24)9-8-20-18(22)15-6-5-7-17(11-15)25-4/h5-7,11,14,16,21H,8-10,12-13H2,1-4H3,(H,20,22)/t14-,16+/m1/s1. The minimum atomic E-state index is -3.43. The number of benzene rings is 1. The summed E-state index contributed by atoms with van der Waals surface area (Å²) < 4.78 is 32.6. The zero-order valence-corrected chi connectivity index (χ0v) is 16.9. The molecule has 1 amide bonds. The van der Waals surface area contributed by atoms with Gasteiger partial charge in [-0.2, -0.15) is 0 Å². The molecule has 0 heterocycles. The molecule has 1 aromatic carbocycles. The van der Waals surface area contributed by atoms with E-state index >= 15 is 0 Å². The summed E-state index contributed by atoms with van der Waals surface area (Å²) in [5, 5.41) is 2.65. The summed E-state index contributed by atoms with van der Waals surface area (Å²) in [4.78, 5) is 12.1. The van der Waals surface area contributed by atoms with E-state index in [4.69, 9.17) is 4.74 Å². The Hall–Kier alpha value is -1.60. The second-order valence-electron chi connectivity index (χ2n) is 8.03. The SMILES string of the molecule is COc1cccc(C(=O)NCCS(=O)(=O)N[C@H]2C[C@@H](C)CC(C)(C)C2)c1. The van der Waals surface area contributed by atoms with Crippen molar-refractivity contribution in [3.8, 4) is 5.75 Å². The van der Waals surface area contributed by atoms with Crippen LogP contribution in [0.1, 0.15) is 50.4 Å². The fourth-order valence-electron chi connectivity index (χ4n) is 3.91. The van der Waals surface area contributed by atoms with Crippen molar-refractivity contribution in [2.45, 2.75) is 46.1 Å². The fourth-order valence-corrected chi connectivity index (χ4v) is 5.09. The van der Waals surface area contributed by atoms with Crippen LogP contribution in [0.25, 0.3) is 0 Å². The van der Waals surface area contributed by atoms with Gasteiger partial charge in [0.2, 0.25) is 10.0 Å². The van der Waals surface area contributed by atoms with E-state index in [0.717, 1.165) is 19.3 Å². The predicted molar refractivity (Wildman–Crippen MR) is 103 cm³/mol. The molecular formula is C19H30N2O4S. The molecule has 0 bridgehead atoms. The van der Waals surface area contributed by atoms with E-state index in [-0.39, 0.29) is 29.7 Å². The molecule has 0 radical (unpaired) electrons. The minimum Gasteiger partial charge on any atom is -0.497 e. The summed E-state index contributed by atoms with van der Waals surface area (Å²) in [6.45, 7) is 6.59. The lowest BCUT2D eigenvalue weighted by atomic mass is 9.71. The maximum atomic E-state index is 12.4. The molecular weight excluding hydrogens is 352 g/mol. The van der Waals surface area contributed by atoms with Gasteiger partial charge in [-0.3, -0.25) is 4.79 Å². The van der Waals surface area contributed by atoms with Gasteiger partial charge in [0.1, 0.15) is 5.75 Å². The predicted octanol–water partition coefficient (Wildman–Crippen LogP) is 2.56. The summed E-state index contributed by atoms with van der Waals surface area (Å²) >= 11 is 0. The van der Waals surface area contributed by atoms with Crippen molar-refractivity contribution in [2.24, 2.45) is 11.3 Å². The van der Waals surface area contributed by atoms with Crippen LogP contribution >= 0.6 is 0 Å². The van der Waals surface area contributed by atoms with Crippen molar-refractivity contribution < 1.29 is 17.9 Å². The number of ether oxygens (including phenoxy) is 1. The van der Waals surface area contributed by atoms with Crippen molar-refractivity contribution in [2.75, 3.05) is 19.4 Å². The quantitative estimate of drug-likeness (QED) is 0.759. The number of hydrogen-bond donors (Lipinski definition) is 2. The molecule has 146 valence electrons. The molecule has 6 nitrogen and oxygen atoms in total. The van der Waals surface area contributed by atoms with E-state index in [0.29, 0.717) is 17.2 Å². The molecule has 0 spiro atoms. The topological polar surface area (TPSA) is 84.5 Å². The average molecular weight is 383 g/mol. The Morgan fingerprint density at radius 3 is 2.69 bits per heavy atom. The van der Waals surface area contributed by atoms with Crippen LogP contribution in [0.15, 0.2) is 24.3 Å². The van der Waals surface area contributed by atoms with E-state index < -0.39 is 10.0 Å². The highest BCUT2D eigenvalue weighted by atomic mass is 32.2. The first-order chi connectivity index (χ1) is 12.1. The molecule has 0 unspecified atom stereocenters. The van der Waals surface area contributed by atoms with E-state index in [9.17, 15) is 13.2 Å². The minimum absolute atomic E-state index is 0.0344. The molecule has 1 saturated carbocycles. The molecule has 1 fully saturated rings. The van der Waals surface area contributed by atoms with Gasteiger partial charge in [-0.15, -0.1) is 0 Å². The molecule has 1 aromatic rings. The zero-order chi connectivity index (χ0) is 19.4. The van der Waals surface area contributed by atoms with Crippen molar-refractivity contribution in [3.05, 3.63) is 29.8 Å². The molecule has 1 aliphatic carbocycles. The monoisotopic (exact) mass is 382 g/mol. The number of carbonyl (C=O) groups is 1. The zero-order valence-electron chi connectivity index (χ0n) is 16.0. The molecule has 2 N–H and O–H groups in total. The van der Waals surface area contributed by atoms with E-state index in [2.05, 4.69) is 30.8 Å². The first-order valence-electron chi connectivity index (χ1n) is 9.02. The summed E-state index contributed by atoms with van der Waals surface area (Å²) in [6.07, 6.45) is 2.81. The molecule has 0 aromatic heterocycles. The first-order valence-corrected chi connectivity index (χ1v) is 10.7. The number of methoxy groups -OCH3 is 1. The normalized spacial score (nSPS) is 22.6. The van der Waals surface area contributed by atoms with Gasteiger partial charge in [-0.25, -0.2) is 13.1 Å². The summed E-state index contributed by atoms with van der Waals surface area (Å²) in [7, 11) is -1.90. The van der Waals surface area contributed by atoms with Gasteiger partial charge in [-0.05, 0) is 48.8 Å². The highest BCUT2D eigenvalue weighted by Gasteiger charge is 2.33. The molecule has 0 aliphatic heterocycles. The number of nitrogens with one attached hydrogen (secondary N) is 2. The van der Waals surface area contributed by atoms with Crippen molar-refractivity contribution >= 4 is 15.9 Å². The van der Waals surface area contributed by atoms with Gasteiger partial charge in [0.25, 0.3) is 5.91 Å². The lowest BCUT2D eigenvalue weighted by Gasteiger charge is -2.39. The molecule has 2 atom stereocenters. The van der Waals surface area contributed by atoms with Crippen LogP contribution in [0.2, 0.25) is 0 Å². The van der Waals surface area contributed by atoms with Crippen LogP contribution in [-0.4, -0.2) is 39.8 Å². The number of amides is 1.